The summed E-state index contributed by atoms with van der Waals surface area (Å²) in [5, 5.41) is 2.92. The quantitative estimate of drug-likeness (QED) is 0.304. The van der Waals surface area contributed by atoms with Gasteiger partial charge in [-0.25, -0.2) is 18.7 Å². The van der Waals surface area contributed by atoms with Crippen molar-refractivity contribution >= 4 is 28.7 Å². The van der Waals surface area contributed by atoms with Crippen LogP contribution in [0.4, 0.5) is 10.2 Å². The number of pyridine rings is 2. The van der Waals surface area contributed by atoms with Gasteiger partial charge in [-0.05, 0) is 56.5 Å². The van der Waals surface area contributed by atoms with E-state index in [1.54, 1.807) is 41.4 Å². The molecular weight excluding hydrogens is 573 g/mol. The van der Waals surface area contributed by atoms with Gasteiger partial charge >= 0.3 is 5.69 Å². The second kappa shape index (κ2) is 13.0. The molecule has 0 aliphatic carbocycles. The van der Waals surface area contributed by atoms with Gasteiger partial charge in [0, 0.05) is 49.5 Å². The Labute approximate surface area is 262 Å². The molecule has 45 heavy (non-hydrogen) atoms. The van der Waals surface area contributed by atoms with Crippen molar-refractivity contribution in [3.05, 3.63) is 88.4 Å². The Bertz CT molecular complexity index is 1850. The summed E-state index contributed by atoms with van der Waals surface area (Å²) < 4.78 is 17.6. The summed E-state index contributed by atoms with van der Waals surface area (Å²) in [4.78, 5) is 56.9. The number of anilines is 1. The maximum atomic E-state index is 16.2. The number of amides is 2. The second-order valence-corrected chi connectivity index (χ2v) is 11.4. The minimum atomic E-state index is -0.671. The number of nitrogens with zero attached hydrogens (tertiary/aromatic N) is 6. The number of carbonyl (C=O) groups is 2. The van der Waals surface area contributed by atoms with Gasteiger partial charge in [-0.1, -0.05) is 46.1 Å². The summed E-state index contributed by atoms with van der Waals surface area (Å²) in [5.41, 5.74) is 2.02. The average Bonchev–Trinajstić information content (AvgIpc) is 3.01. The minimum absolute atomic E-state index is 0. The number of piperazine rings is 1. The molecule has 0 saturated carbocycles. The fourth-order valence-electron chi connectivity index (χ4n) is 5.87. The molecular formula is C34H40FN7O3. The third-order valence-corrected chi connectivity index (χ3v) is 8.10. The summed E-state index contributed by atoms with van der Waals surface area (Å²) in [7, 11) is 1.50. The largest absolute Gasteiger partial charge is 0.355 e. The molecule has 1 aliphatic rings. The van der Waals surface area contributed by atoms with Crippen molar-refractivity contribution in [1.82, 2.24) is 29.7 Å². The molecule has 236 valence electrons. The van der Waals surface area contributed by atoms with E-state index in [2.05, 4.69) is 21.9 Å². The third kappa shape index (κ3) is 5.82. The van der Waals surface area contributed by atoms with Gasteiger partial charge < -0.3 is 15.1 Å². The zero-order valence-corrected chi connectivity index (χ0v) is 25.8. The topological polar surface area (TPSA) is 113 Å². The van der Waals surface area contributed by atoms with Crippen LogP contribution in [0.5, 0.6) is 0 Å². The van der Waals surface area contributed by atoms with E-state index >= 15 is 4.39 Å². The molecule has 0 unspecified atom stereocenters. The van der Waals surface area contributed by atoms with Crippen molar-refractivity contribution in [2.75, 3.05) is 25.0 Å². The Morgan fingerprint density at radius 1 is 1.11 bits per heavy atom. The Morgan fingerprint density at radius 2 is 1.82 bits per heavy atom. The molecule has 3 aromatic heterocycles. The van der Waals surface area contributed by atoms with E-state index in [4.69, 9.17) is 4.98 Å². The molecule has 1 N–H and O–H groups in total. The highest BCUT2D eigenvalue weighted by molar-refractivity contribution is 6.01. The van der Waals surface area contributed by atoms with E-state index in [9.17, 15) is 14.4 Å². The first kappa shape index (κ1) is 33.0. The van der Waals surface area contributed by atoms with E-state index in [-0.39, 0.29) is 59.6 Å². The van der Waals surface area contributed by atoms with Gasteiger partial charge in [0.1, 0.15) is 17.3 Å². The van der Waals surface area contributed by atoms with Crippen molar-refractivity contribution in [3.63, 3.8) is 0 Å². The fraction of sp³-hybridized carbons (Fsp3) is 0.353. The maximum absolute atomic E-state index is 16.2. The van der Waals surface area contributed by atoms with Gasteiger partial charge in [-0.2, -0.15) is 4.98 Å². The molecule has 1 aliphatic heterocycles. The number of halogens is 1. The first-order valence-electron chi connectivity index (χ1n) is 14.6. The Balaban J connectivity index is 0.00000461. The molecule has 1 aromatic carbocycles. The van der Waals surface area contributed by atoms with Crippen LogP contribution in [0.25, 0.3) is 28.0 Å². The van der Waals surface area contributed by atoms with Crippen LogP contribution in [0.2, 0.25) is 0 Å². The standard InChI is InChI=1S/C33H36FN7O3.CH4/c1-8-26(42)39-16-21(6)40(17-20(39)5)30-24-15-25(34)28(22-11-9-10-12-23(22)32(43)35-7)37-31(24)41(33(44)38-30)29-19(4)13-14-36-27(29)18(2)3;/h8-15,18,20-21H,1,16-17H2,2-7H3,(H,35,43);1H4/t20-,21+;/m1./s1. The number of fused-ring (bicyclic) bond motifs is 1. The van der Waals surface area contributed by atoms with Gasteiger partial charge in [0.15, 0.2) is 5.65 Å². The Morgan fingerprint density at radius 3 is 2.49 bits per heavy atom. The predicted octanol–water partition coefficient (Wildman–Crippen LogP) is 5.02. The fourth-order valence-corrected chi connectivity index (χ4v) is 5.87. The Hall–Kier alpha value is -4.93. The zero-order valence-electron chi connectivity index (χ0n) is 25.8. The van der Waals surface area contributed by atoms with Crippen LogP contribution < -0.4 is 15.9 Å². The lowest BCUT2D eigenvalue weighted by molar-refractivity contribution is -0.128. The van der Waals surface area contributed by atoms with Crippen LogP contribution in [-0.4, -0.2) is 68.5 Å². The lowest BCUT2D eigenvalue weighted by Crippen LogP contribution is -2.58. The molecule has 1 saturated heterocycles. The molecule has 11 heteroatoms. The lowest BCUT2D eigenvalue weighted by Gasteiger charge is -2.44. The highest BCUT2D eigenvalue weighted by Crippen LogP contribution is 2.34. The molecule has 5 rings (SSSR count). The number of rotatable bonds is 6. The predicted molar refractivity (Wildman–Crippen MR) is 175 cm³/mol. The second-order valence-electron chi connectivity index (χ2n) is 11.4. The molecule has 4 aromatic rings. The number of nitrogens with one attached hydrogen (secondary N) is 1. The van der Waals surface area contributed by atoms with Crippen LogP contribution in [0.1, 0.15) is 62.7 Å². The van der Waals surface area contributed by atoms with Crippen LogP contribution in [0.3, 0.4) is 0 Å². The first-order valence-corrected chi connectivity index (χ1v) is 14.6. The Kier molecular flexibility index (Phi) is 9.50. The number of hydrogen-bond donors (Lipinski definition) is 1. The zero-order chi connectivity index (χ0) is 31.9. The average molecular weight is 614 g/mol. The molecule has 2 amide bonds. The maximum Gasteiger partial charge on any atom is 0.355 e. The highest BCUT2D eigenvalue weighted by Gasteiger charge is 2.34. The van der Waals surface area contributed by atoms with Crippen molar-refractivity contribution in [1.29, 1.82) is 0 Å². The van der Waals surface area contributed by atoms with Crippen molar-refractivity contribution in [2.24, 2.45) is 0 Å². The van der Waals surface area contributed by atoms with Crippen molar-refractivity contribution < 1.29 is 14.0 Å². The van der Waals surface area contributed by atoms with E-state index in [0.29, 0.717) is 29.9 Å². The molecule has 2 atom stereocenters. The number of carbonyl (C=O) groups excluding carboxylic acids is 2. The highest BCUT2D eigenvalue weighted by atomic mass is 19.1. The van der Waals surface area contributed by atoms with Crippen LogP contribution in [0, 0.1) is 12.7 Å². The molecule has 1 fully saturated rings. The summed E-state index contributed by atoms with van der Waals surface area (Å²) in [6.45, 7) is 14.0. The number of benzene rings is 1. The monoisotopic (exact) mass is 613 g/mol. The van der Waals surface area contributed by atoms with E-state index < -0.39 is 17.4 Å². The number of aromatic nitrogens is 4. The van der Waals surface area contributed by atoms with Gasteiger partial charge in [0.25, 0.3) is 5.91 Å². The van der Waals surface area contributed by atoms with E-state index in [1.165, 1.54) is 23.8 Å². The smallest absolute Gasteiger partial charge is 0.355 e. The summed E-state index contributed by atoms with van der Waals surface area (Å²) >= 11 is 0. The molecule has 0 radical (unpaired) electrons. The minimum Gasteiger partial charge on any atom is -0.355 e. The normalized spacial score (nSPS) is 16.4. The van der Waals surface area contributed by atoms with Crippen LogP contribution in [0.15, 0.2) is 60.0 Å². The van der Waals surface area contributed by atoms with Gasteiger partial charge in [-0.3, -0.25) is 14.6 Å². The lowest BCUT2D eigenvalue weighted by atomic mass is 10.0. The third-order valence-electron chi connectivity index (χ3n) is 8.10. The molecule has 0 bridgehead atoms. The van der Waals surface area contributed by atoms with Crippen molar-refractivity contribution in [3.8, 4) is 16.9 Å². The molecule has 10 nitrogen and oxygen atoms in total. The summed E-state index contributed by atoms with van der Waals surface area (Å²) in [6, 6.07) is 9.28. The van der Waals surface area contributed by atoms with Gasteiger partial charge in [0.2, 0.25) is 5.91 Å². The van der Waals surface area contributed by atoms with Gasteiger partial charge in [0.05, 0.1) is 16.8 Å². The van der Waals surface area contributed by atoms with E-state index in [0.717, 1.165) is 5.56 Å². The summed E-state index contributed by atoms with van der Waals surface area (Å²) in [5.74, 6) is -1.02. The van der Waals surface area contributed by atoms with Crippen LogP contribution in [-0.2, 0) is 4.79 Å². The van der Waals surface area contributed by atoms with Crippen LogP contribution >= 0.6 is 0 Å². The molecule has 4 heterocycles. The van der Waals surface area contributed by atoms with Crippen molar-refractivity contribution in [2.45, 2.75) is 60.0 Å². The summed E-state index contributed by atoms with van der Waals surface area (Å²) in [6.07, 6.45) is 2.97. The number of hydrogen-bond acceptors (Lipinski definition) is 7. The van der Waals surface area contributed by atoms with Gasteiger partial charge in [-0.15, -0.1) is 0 Å². The van der Waals surface area contributed by atoms with E-state index in [1.807, 2.05) is 39.5 Å². The molecule has 0 spiro atoms. The SMILES string of the molecule is C.C=CC(=O)N1C[C@H](C)N(c2nc(=O)n(-c3c(C)ccnc3C(C)C)c3nc(-c4ccccc4C(=O)NC)c(F)cc23)C[C@H]1C. The number of aryl methyl sites for hydroxylation is 1. The first-order chi connectivity index (χ1) is 21.0.